The summed E-state index contributed by atoms with van der Waals surface area (Å²) in [7, 11) is 0. The summed E-state index contributed by atoms with van der Waals surface area (Å²) >= 11 is 0. The molecule has 10 rings (SSSR count). The maximum absolute atomic E-state index is 5.32. The molecular formula is C44H33N5. The van der Waals surface area contributed by atoms with Crippen LogP contribution in [0, 0.1) is 0 Å². The first-order valence-electron chi connectivity index (χ1n) is 16.9. The van der Waals surface area contributed by atoms with E-state index in [-0.39, 0.29) is 18.4 Å². The van der Waals surface area contributed by atoms with Gasteiger partial charge in [0.05, 0.1) is 11.0 Å². The first-order chi connectivity index (χ1) is 24.3. The summed E-state index contributed by atoms with van der Waals surface area (Å²) in [5.74, 6) is 1.91. The van der Waals surface area contributed by atoms with E-state index >= 15 is 0 Å². The molecule has 8 aromatic rings. The zero-order chi connectivity index (χ0) is 32.3. The normalized spacial score (nSPS) is 19.2. The molecule has 0 amide bonds. The van der Waals surface area contributed by atoms with Crippen LogP contribution in [0.3, 0.4) is 0 Å². The second-order valence-electron chi connectivity index (χ2n) is 12.9. The van der Waals surface area contributed by atoms with Gasteiger partial charge in [-0.2, -0.15) is 0 Å². The Bertz CT molecular complexity index is 2570. The van der Waals surface area contributed by atoms with Gasteiger partial charge in [0.2, 0.25) is 0 Å². The van der Waals surface area contributed by atoms with E-state index in [4.69, 9.17) is 4.99 Å². The van der Waals surface area contributed by atoms with Gasteiger partial charge in [0.15, 0.2) is 0 Å². The van der Waals surface area contributed by atoms with E-state index in [2.05, 4.69) is 184 Å². The fraction of sp³-hybridized carbons (Fsp3) is 0.0682. The van der Waals surface area contributed by atoms with Gasteiger partial charge in [-0.05, 0) is 67.7 Å². The minimum atomic E-state index is -0.221. The number of dihydropyridines is 1. The van der Waals surface area contributed by atoms with E-state index in [0.717, 1.165) is 22.8 Å². The summed E-state index contributed by atoms with van der Waals surface area (Å²) in [5, 5.41) is 21.4. The Morgan fingerprint density at radius 2 is 1.14 bits per heavy atom. The number of aromatic nitrogens is 1. The average Bonchev–Trinajstić information content (AvgIpc) is 3.53. The molecular weight excluding hydrogens is 599 g/mol. The van der Waals surface area contributed by atoms with Crippen LogP contribution in [-0.4, -0.2) is 16.4 Å². The third-order valence-electron chi connectivity index (χ3n) is 10.0. The molecule has 7 aromatic carbocycles. The second-order valence-corrected chi connectivity index (χ2v) is 12.9. The van der Waals surface area contributed by atoms with Gasteiger partial charge in [0, 0.05) is 10.8 Å². The molecule has 2 aliphatic heterocycles. The van der Waals surface area contributed by atoms with Crippen LogP contribution in [0.25, 0.3) is 59.9 Å². The molecule has 49 heavy (non-hydrogen) atoms. The van der Waals surface area contributed by atoms with Crippen LogP contribution in [-0.2, 0) is 0 Å². The minimum Gasteiger partial charge on any atom is -0.358 e. The lowest BCUT2D eigenvalue weighted by Crippen LogP contribution is -2.52. The highest BCUT2D eigenvalue weighted by atomic mass is 15.3. The van der Waals surface area contributed by atoms with Crippen molar-refractivity contribution < 1.29 is 0 Å². The molecule has 0 saturated heterocycles. The maximum atomic E-state index is 5.32. The maximum Gasteiger partial charge on any atom is 0.129 e. The Balaban J connectivity index is 1.10. The van der Waals surface area contributed by atoms with Gasteiger partial charge in [0.1, 0.15) is 30.0 Å². The highest BCUT2D eigenvalue weighted by Gasteiger charge is 2.30. The standard InChI is InChI=1S/C44H33N5/c1-2-14-31(15-3-1)42-46-43(33-22-21-28-11-4-5-16-32(28)27-33)48-44(47-42)36-19-10-20-39(45-36)49-37-25-23-29-12-6-8-17-34(29)40(37)41-35-18-9-7-13-30(35)24-26-38(41)49/h1-27,36,42-43,45-46H,(H,47,48). The highest BCUT2D eigenvalue weighted by Crippen LogP contribution is 2.40. The molecule has 5 nitrogen and oxygen atoms in total. The zero-order valence-corrected chi connectivity index (χ0v) is 26.7. The van der Waals surface area contributed by atoms with Crippen molar-refractivity contribution in [2.24, 2.45) is 4.99 Å². The number of aliphatic imine (C=N–C) groups is 1. The number of rotatable bonds is 4. The fourth-order valence-electron chi connectivity index (χ4n) is 7.72. The van der Waals surface area contributed by atoms with Gasteiger partial charge >= 0.3 is 0 Å². The van der Waals surface area contributed by atoms with Crippen LogP contribution in [0.4, 0.5) is 0 Å². The first kappa shape index (κ1) is 27.9. The highest BCUT2D eigenvalue weighted by molar-refractivity contribution is 6.28. The van der Waals surface area contributed by atoms with Crippen molar-refractivity contribution in [2.75, 3.05) is 0 Å². The van der Waals surface area contributed by atoms with Gasteiger partial charge in [-0.1, -0.05) is 140 Å². The molecule has 0 saturated carbocycles. The van der Waals surface area contributed by atoms with E-state index in [9.17, 15) is 0 Å². The quantitative estimate of drug-likeness (QED) is 0.181. The first-order valence-corrected chi connectivity index (χ1v) is 16.9. The number of benzene rings is 7. The minimum absolute atomic E-state index is 0.110. The lowest BCUT2D eigenvalue weighted by atomic mass is 10.00. The molecule has 1 aromatic heterocycles. The number of nitrogens with one attached hydrogen (secondary N) is 3. The lowest BCUT2D eigenvalue weighted by molar-refractivity contribution is 0.402. The van der Waals surface area contributed by atoms with Crippen molar-refractivity contribution in [2.45, 2.75) is 18.4 Å². The van der Waals surface area contributed by atoms with E-state index in [1.807, 2.05) is 0 Å². The Morgan fingerprint density at radius 1 is 0.531 bits per heavy atom. The number of allylic oxidation sites excluding steroid dienone is 2. The molecule has 0 fully saturated rings. The van der Waals surface area contributed by atoms with Gasteiger partial charge in [-0.3, -0.25) is 9.88 Å². The van der Waals surface area contributed by atoms with Crippen molar-refractivity contribution in [3.63, 3.8) is 0 Å². The van der Waals surface area contributed by atoms with E-state index in [1.165, 1.54) is 54.1 Å². The lowest BCUT2D eigenvalue weighted by Gasteiger charge is -2.35. The summed E-state index contributed by atoms with van der Waals surface area (Å²) in [5.41, 5.74) is 4.65. The molecule has 3 unspecified atom stereocenters. The fourth-order valence-corrected chi connectivity index (χ4v) is 7.72. The topological polar surface area (TPSA) is 53.4 Å². The van der Waals surface area contributed by atoms with Crippen LogP contribution in [0.2, 0.25) is 0 Å². The summed E-state index contributed by atoms with van der Waals surface area (Å²) in [6, 6.07) is 52.0. The Kier molecular flexibility index (Phi) is 6.39. The van der Waals surface area contributed by atoms with Gasteiger partial charge in [-0.15, -0.1) is 0 Å². The van der Waals surface area contributed by atoms with Crippen molar-refractivity contribution in [1.29, 1.82) is 0 Å². The molecule has 0 bridgehead atoms. The van der Waals surface area contributed by atoms with Crippen LogP contribution in [0.15, 0.2) is 169 Å². The van der Waals surface area contributed by atoms with Crippen molar-refractivity contribution >= 4 is 65.8 Å². The SMILES string of the molecule is C1=CC(C2=NC(c3ccc4ccccc4c3)NC(c3ccccc3)N2)NC(n2c3ccc4ccccc4c3c3c4ccccc4ccc32)=C1. The molecule has 3 heterocycles. The molecule has 0 spiro atoms. The molecule has 3 N–H and O–H groups in total. The number of hydrogen-bond donors (Lipinski definition) is 3. The van der Waals surface area contributed by atoms with E-state index < -0.39 is 0 Å². The van der Waals surface area contributed by atoms with E-state index in [0.29, 0.717) is 0 Å². The van der Waals surface area contributed by atoms with Gasteiger partial charge in [0.25, 0.3) is 0 Å². The molecule has 0 radical (unpaired) electrons. The largest absolute Gasteiger partial charge is 0.358 e. The summed E-state index contributed by atoms with van der Waals surface area (Å²) in [4.78, 5) is 5.32. The molecule has 5 heteroatoms. The van der Waals surface area contributed by atoms with Crippen molar-refractivity contribution in [3.8, 4) is 0 Å². The third kappa shape index (κ3) is 4.62. The molecule has 234 valence electrons. The number of fused-ring (bicyclic) bond motifs is 8. The van der Waals surface area contributed by atoms with Crippen LogP contribution < -0.4 is 16.0 Å². The monoisotopic (exact) mass is 631 g/mol. The van der Waals surface area contributed by atoms with Crippen LogP contribution in [0.5, 0.6) is 0 Å². The van der Waals surface area contributed by atoms with Crippen molar-refractivity contribution in [3.05, 3.63) is 175 Å². The smallest absolute Gasteiger partial charge is 0.129 e. The Hall–Kier alpha value is -6.17. The number of nitrogens with zero attached hydrogens (tertiary/aromatic N) is 2. The van der Waals surface area contributed by atoms with Crippen molar-refractivity contribution in [1.82, 2.24) is 20.5 Å². The summed E-state index contributed by atoms with van der Waals surface area (Å²) < 4.78 is 2.39. The molecule has 2 aliphatic rings. The summed E-state index contributed by atoms with van der Waals surface area (Å²) in [6.45, 7) is 0. The van der Waals surface area contributed by atoms with Gasteiger partial charge < -0.3 is 10.6 Å². The Morgan fingerprint density at radius 3 is 1.86 bits per heavy atom. The van der Waals surface area contributed by atoms with Crippen LogP contribution in [0.1, 0.15) is 23.5 Å². The number of amidine groups is 1. The third-order valence-corrected chi connectivity index (χ3v) is 10.0. The second kappa shape index (κ2) is 11.2. The predicted molar refractivity (Wildman–Crippen MR) is 204 cm³/mol. The average molecular weight is 632 g/mol. The predicted octanol–water partition coefficient (Wildman–Crippen LogP) is 9.57. The zero-order valence-electron chi connectivity index (χ0n) is 26.7. The summed E-state index contributed by atoms with van der Waals surface area (Å²) in [6.07, 6.45) is 6.20. The molecule has 0 aliphatic carbocycles. The molecule has 3 atom stereocenters. The number of hydrogen-bond acceptors (Lipinski definition) is 4. The van der Waals surface area contributed by atoms with Gasteiger partial charge in [-0.25, -0.2) is 4.99 Å². The van der Waals surface area contributed by atoms with E-state index in [1.54, 1.807) is 0 Å². The Labute approximate surface area is 283 Å². The van der Waals surface area contributed by atoms with Crippen LogP contribution >= 0.6 is 0 Å².